The fraction of sp³-hybridized carbons (Fsp3) is 0.417. The van der Waals surface area contributed by atoms with Gasteiger partial charge in [0.1, 0.15) is 5.82 Å². The second kappa shape index (κ2) is 5.47. The van der Waals surface area contributed by atoms with Gasteiger partial charge in [-0.2, -0.15) is 5.26 Å². The zero-order chi connectivity index (χ0) is 12.1. The molecule has 0 heterocycles. The van der Waals surface area contributed by atoms with E-state index in [-0.39, 0.29) is 17.5 Å². The van der Waals surface area contributed by atoms with Crippen LogP contribution in [-0.2, 0) is 6.54 Å². The topological polar surface area (TPSA) is 53.0 Å². The second-order valence-electron chi connectivity index (χ2n) is 3.98. The van der Waals surface area contributed by atoms with Crippen LogP contribution in [0.15, 0.2) is 18.2 Å². The molecule has 1 rings (SSSR count). The molecule has 0 fully saturated rings. The van der Waals surface area contributed by atoms with Crippen molar-refractivity contribution in [2.24, 2.45) is 0 Å². The van der Waals surface area contributed by atoms with Gasteiger partial charge in [0.2, 0.25) is 0 Å². The summed E-state index contributed by atoms with van der Waals surface area (Å²) in [6.45, 7) is 2.58. The Balaban J connectivity index is 2.66. The number of halogens is 1. The molecule has 0 aliphatic rings. The van der Waals surface area contributed by atoms with Crippen LogP contribution in [0, 0.1) is 17.1 Å². The summed E-state index contributed by atoms with van der Waals surface area (Å²) in [6, 6.07) is 7.07. The number of hydrogen-bond acceptors (Lipinski definition) is 3. The van der Waals surface area contributed by atoms with Crippen LogP contribution < -0.4 is 5.73 Å². The van der Waals surface area contributed by atoms with Crippen molar-refractivity contribution in [1.29, 1.82) is 5.26 Å². The van der Waals surface area contributed by atoms with Gasteiger partial charge in [-0.1, -0.05) is 6.07 Å². The summed E-state index contributed by atoms with van der Waals surface area (Å²) in [4.78, 5) is 2.01. The first-order valence-electron chi connectivity index (χ1n) is 5.15. The van der Waals surface area contributed by atoms with Crippen molar-refractivity contribution in [2.75, 3.05) is 12.8 Å². The van der Waals surface area contributed by atoms with Gasteiger partial charge in [-0.05, 0) is 31.7 Å². The Morgan fingerprint density at radius 3 is 2.81 bits per heavy atom. The third kappa shape index (κ3) is 3.21. The highest BCUT2D eigenvalue weighted by atomic mass is 19.1. The van der Waals surface area contributed by atoms with E-state index in [1.807, 2.05) is 18.9 Å². The smallest absolute Gasteiger partial charge is 0.146 e. The molecule has 0 saturated carbocycles. The molecule has 0 saturated heterocycles. The van der Waals surface area contributed by atoms with E-state index < -0.39 is 0 Å². The third-order valence-corrected chi connectivity index (χ3v) is 2.64. The monoisotopic (exact) mass is 221 g/mol. The van der Waals surface area contributed by atoms with E-state index in [4.69, 9.17) is 11.0 Å². The summed E-state index contributed by atoms with van der Waals surface area (Å²) in [5, 5.41) is 8.58. The maximum Gasteiger partial charge on any atom is 0.146 e. The van der Waals surface area contributed by atoms with Crippen LogP contribution in [0.25, 0.3) is 0 Å². The van der Waals surface area contributed by atoms with Crippen molar-refractivity contribution >= 4 is 5.69 Å². The van der Waals surface area contributed by atoms with E-state index in [0.717, 1.165) is 5.56 Å². The first-order valence-corrected chi connectivity index (χ1v) is 5.15. The molecule has 86 valence electrons. The van der Waals surface area contributed by atoms with Crippen molar-refractivity contribution < 1.29 is 4.39 Å². The Morgan fingerprint density at radius 2 is 2.25 bits per heavy atom. The number of hydrogen-bond donors (Lipinski definition) is 1. The van der Waals surface area contributed by atoms with Crippen LogP contribution in [0.4, 0.5) is 10.1 Å². The standard InChI is InChI=1S/C12H16FN3/c1-9(5-6-14)16(2)8-10-3-4-12(15)11(13)7-10/h3-4,7,9H,5,8,15H2,1-2H3. The summed E-state index contributed by atoms with van der Waals surface area (Å²) in [5.41, 5.74) is 6.42. The number of nitriles is 1. The minimum Gasteiger partial charge on any atom is -0.396 e. The molecular formula is C12H16FN3. The Kier molecular flexibility index (Phi) is 4.27. The van der Waals surface area contributed by atoms with Gasteiger partial charge in [0.05, 0.1) is 18.2 Å². The van der Waals surface area contributed by atoms with Gasteiger partial charge in [0.25, 0.3) is 0 Å². The van der Waals surface area contributed by atoms with Crippen LogP contribution in [-0.4, -0.2) is 18.0 Å². The van der Waals surface area contributed by atoms with E-state index in [1.54, 1.807) is 12.1 Å². The van der Waals surface area contributed by atoms with Crippen molar-refractivity contribution in [3.05, 3.63) is 29.6 Å². The van der Waals surface area contributed by atoms with Crippen molar-refractivity contribution in [2.45, 2.75) is 25.9 Å². The Morgan fingerprint density at radius 1 is 1.56 bits per heavy atom. The van der Waals surface area contributed by atoms with Gasteiger partial charge in [-0.3, -0.25) is 4.90 Å². The highest BCUT2D eigenvalue weighted by Crippen LogP contribution is 2.14. The SMILES string of the molecule is CC(CC#N)N(C)Cc1ccc(N)c(F)c1. The number of rotatable bonds is 4. The van der Waals surface area contributed by atoms with Crippen LogP contribution >= 0.6 is 0 Å². The largest absolute Gasteiger partial charge is 0.396 e. The van der Waals surface area contributed by atoms with Gasteiger partial charge in [0.15, 0.2) is 0 Å². The molecule has 0 aliphatic carbocycles. The second-order valence-corrected chi connectivity index (χ2v) is 3.98. The lowest BCUT2D eigenvalue weighted by molar-refractivity contribution is 0.252. The molecule has 1 atom stereocenters. The summed E-state index contributed by atoms with van der Waals surface area (Å²) in [5.74, 6) is -0.390. The first-order chi connectivity index (χ1) is 7.54. The highest BCUT2D eigenvalue weighted by Gasteiger charge is 2.09. The number of nitrogen functional groups attached to an aromatic ring is 1. The average Bonchev–Trinajstić information content (AvgIpc) is 2.24. The van der Waals surface area contributed by atoms with Gasteiger partial charge in [0, 0.05) is 12.6 Å². The maximum atomic E-state index is 13.2. The fourth-order valence-corrected chi connectivity index (χ4v) is 1.40. The fourth-order valence-electron chi connectivity index (χ4n) is 1.40. The molecule has 4 heteroatoms. The minimum absolute atomic E-state index is 0.158. The Bertz CT molecular complexity index is 398. The molecule has 0 bridgehead atoms. The molecule has 0 radical (unpaired) electrons. The normalized spacial score (nSPS) is 12.4. The highest BCUT2D eigenvalue weighted by molar-refractivity contribution is 5.41. The number of benzene rings is 1. The predicted octanol–water partition coefficient (Wildman–Crippen LogP) is 2.14. The van der Waals surface area contributed by atoms with Crippen LogP contribution in [0.2, 0.25) is 0 Å². The lowest BCUT2D eigenvalue weighted by Gasteiger charge is -2.22. The summed E-state index contributed by atoms with van der Waals surface area (Å²) in [6.07, 6.45) is 0.466. The molecule has 0 amide bonds. The molecule has 0 aliphatic heterocycles. The van der Waals surface area contributed by atoms with Gasteiger partial charge in [-0.25, -0.2) is 4.39 Å². The number of anilines is 1. The van der Waals surface area contributed by atoms with Gasteiger partial charge in [-0.15, -0.1) is 0 Å². The molecule has 1 aromatic carbocycles. The van der Waals surface area contributed by atoms with E-state index in [1.165, 1.54) is 6.07 Å². The molecular weight excluding hydrogens is 205 g/mol. The Labute approximate surface area is 95.3 Å². The lowest BCUT2D eigenvalue weighted by Crippen LogP contribution is -2.28. The molecule has 16 heavy (non-hydrogen) atoms. The number of nitrogens with two attached hydrogens (primary N) is 1. The first kappa shape index (κ1) is 12.5. The van der Waals surface area contributed by atoms with Crippen molar-refractivity contribution in [3.8, 4) is 6.07 Å². The third-order valence-electron chi connectivity index (χ3n) is 2.64. The molecule has 0 spiro atoms. The van der Waals surface area contributed by atoms with E-state index in [9.17, 15) is 4.39 Å². The quantitative estimate of drug-likeness (QED) is 0.792. The summed E-state index contributed by atoms with van der Waals surface area (Å²) < 4.78 is 13.2. The maximum absolute atomic E-state index is 13.2. The average molecular weight is 221 g/mol. The van der Waals surface area contributed by atoms with Crippen molar-refractivity contribution in [1.82, 2.24) is 4.90 Å². The molecule has 3 nitrogen and oxygen atoms in total. The molecule has 2 N–H and O–H groups in total. The Hall–Kier alpha value is -1.60. The number of nitrogens with zero attached hydrogens (tertiary/aromatic N) is 2. The van der Waals surface area contributed by atoms with Crippen LogP contribution in [0.3, 0.4) is 0 Å². The van der Waals surface area contributed by atoms with Gasteiger partial charge >= 0.3 is 0 Å². The van der Waals surface area contributed by atoms with Crippen LogP contribution in [0.5, 0.6) is 0 Å². The summed E-state index contributed by atoms with van der Waals surface area (Å²) in [7, 11) is 1.91. The van der Waals surface area contributed by atoms with E-state index in [2.05, 4.69) is 6.07 Å². The van der Waals surface area contributed by atoms with E-state index in [0.29, 0.717) is 13.0 Å². The van der Waals surface area contributed by atoms with Crippen molar-refractivity contribution in [3.63, 3.8) is 0 Å². The zero-order valence-electron chi connectivity index (χ0n) is 9.57. The predicted molar refractivity (Wildman–Crippen MR) is 62.0 cm³/mol. The summed E-state index contributed by atoms with van der Waals surface area (Å²) >= 11 is 0. The zero-order valence-corrected chi connectivity index (χ0v) is 9.57. The minimum atomic E-state index is -0.390. The molecule has 1 aromatic rings. The van der Waals surface area contributed by atoms with Crippen LogP contribution in [0.1, 0.15) is 18.9 Å². The molecule has 0 aromatic heterocycles. The van der Waals surface area contributed by atoms with Gasteiger partial charge < -0.3 is 5.73 Å². The van der Waals surface area contributed by atoms with E-state index >= 15 is 0 Å². The molecule has 1 unspecified atom stereocenters. The lowest BCUT2D eigenvalue weighted by atomic mass is 10.1.